The molecule has 9 heteroatoms. The van der Waals surface area contributed by atoms with Crippen molar-refractivity contribution in [3.8, 4) is 0 Å². The van der Waals surface area contributed by atoms with Crippen molar-refractivity contribution in [2.24, 2.45) is 0 Å². The minimum atomic E-state index is -3.36. The van der Waals surface area contributed by atoms with E-state index in [2.05, 4.69) is 38.1 Å². The van der Waals surface area contributed by atoms with Crippen LogP contribution in [0.4, 0.5) is 11.4 Å². The molecule has 28 heavy (non-hydrogen) atoms. The molecule has 0 aliphatic carbocycles. The molecule has 1 aromatic heterocycles. The second kappa shape index (κ2) is 8.00. The van der Waals surface area contributed by atoms with Crippen molar-refractivity contribution in [1.29, 1.82) is 0 Å². The SMILES string of the molecule is CN(C)S(=O)(=O)NC1CCN(Cc2ccc3c(c2)Nc2ccncc2S3)CC1. The number of likely N-dealkylation sites (tertiary alicyclic amines) is 1. The summed E-state index contributed by atoms with van der Waals surface area (Å²) in [6, 6.07) is 8.56. The van der Waals surface area contributed by atoms with Gasteiger partial charge in [-0.1, -0.05) is 17.8 Å². The second-order valence-electron chi connectivity index (χ2n) is 7.39. The van der Waals surface area contributed by atoms with Crippen molar-refractivity contribution in [3.63, 3.8) is 0 Å². The predicted octanol–water partition coefficient (Wildman–Crippen LogP) is 2.65. The van der Waals surface area contributed by atoms with Crippen LogP contribution in [0.25, 0.3) is 0 Å². The Morgan fingerprint density at radius 2 is 2.00 bits per heavy atom. The molecule has 4 rings (SSSR count). The molecule has 3 heterocycles. The monoisotopic (exact) mass is 419 g/mol. The predicted molar refractivity (Wildman–Crippen MR) is 112 cm³/mol. The maximum atomic E-state index is 12.0. The van der Waals surface area contributed by atoms with Crippen LogP contribution in [0.1, 0.15) is 18.4 Å². The van der Waals surface area contributed by atoms with E-state index in [0.29, 0.717) is 0 Å². The zero-order chi connectivity index (χ0) is 19.7. The third-order valence-electron chi connectivity index (χ3n) is 5.11. The maximum Gasteiger partial charge on any atom is 0.279 e. The molecule has 2 aliphatic rings. The molecule has 0 saturated carbocycles. The third kappa shape index (κ3) is 4.33. The van der Waals surface area contributed by atoms with Crippen LogP contribution in [0.2, 0.25) is 0 Å². The standard InChI is InChI=1S/C19H25N5O2S2/c1-23(2)28(25,26)22-15-6-9-24(10-7-15)13-14-3-4-18-17(11-14)21-16-5-8-20-12-19(16)27-18/h3-5,8,11-12,15,21-22H,6-7,9-10,13H2,1-2H3. The molecule has 0 atom stereocenters. The number of pyridine rings is 1. The number of anilines is 2. The van der Waals surface area contributed by atoms with Gasteiger partial charge in [-0.15, -0.1) is 0 Å². The molecular weight excluding hydrogens is 394 g/mol. The van der Waals surface area contributed by atoms with Crippen LogP contribution in [0.5, 0.6) is 0 Å². The summed E-state index contributed by atoms with van der Waals surface area (Å²) >= 11 is 1.74. The lowest BCUT2D eigenvalue weighted by Crippen LogP contribution is -2.47. The molecule has 2 aliphatic heterocycles. The number of nitrogens with zero attached hydrogens (tertiary/aromatic N) is 3. The van der Waals surface area contributed by atoms with Crippen LogP contribution in [0.3, 0.4) is 0 Å². The number of fused-ring (bicyclic) bond motifs is 2. The number of hydrogen-bond donors (Lipinski definition) is 2. The maximum absolute atomic E-state index is 12.0. The summed E-state index contributed by atoms with van der Waals surface area (Å²) < 4.78 is 28.0. The van der Waals surface area contributed by atoms with E-state index in [4.69, 9.17) is 0 Å². The summed E-state index contributed by atoms with van der Waals surface area (Å²) in [5.74, 6) is 0. The highest BCUT2D eigenvalue weighted by Crippen LogP contribution is 2.43. The van der Waals surface area contributed by atoms with E-state index >= 15 is 0 Å². The molecule has 1 aromatic carbocycles. The van der Waals surface area contributed by atoms with E-state index in [1.54, 1.807) is 32.1 Å². The molecule has 7 nitrogen and oxygen atoms in total. The molecule has 0 amide bonds. The summed E-state index contributed by atoms with van der Waals surface area (Å²) in [4.78, 5) is 8.93. The Balaban J connectivity index is 1.35. The van der Waals surface area contributed by atoms with Gasteiger partial charge in [0.05, 0.1) is 16.3 Å². The lowest BCUT2D eigenvalue weighted by molar-refractivity contribution is 0.199. The van der Waals surface area contributed by atoms with Gasteiger partial charge in [-0.3, -0.25) is 9.88 Å². The van der Waals surface area contributed by atoms with Crippen LogP contribution in [0, 0.1) is 0 Å². The highest BCUT2D eigenvalue weighted by molar-refractivity contribution is 7.99. The minimum absolute atomic E-state index is 0.00959. The first-order chi connectivity index (χ1) is 13.4. The summed E-state index contributed by atoms with van der Waals surface area (Å²) in [6.07, 6.45) is 5.34. The van der Waals surface area contributed by atoms with E-state index in [1.165, 1.54) is 14.8 Å². The average Bonchev–Trinajstić information content (AvgIpc) is 2.67. The first-order valence-electron chi connectivity index (χ1n) is 9.35. The van der Waals surface area contributed by atoms with Crippen molar-refractivity contribution in [2.45, 2.75) is 35.2 Å². The van der Waals surface area contributed by atoms with Gasteiger partial charge >= 0.3 is 0 Å². The first kappa shape index (κ1) is 19.7. The van der Waals surface area contributed by atoms with Crippen molar-refractivity contribution in [2.75, 3.05) is 32.5 Å². The molecule has 0 unspecified atom stereocenters. The zero-order valence-corrected chi connectivity index (χ0v) is 17.7. The largest absolute Gasteiger partial charge is 0.354 e. The Morgan fingerprint density at radius 3 is 2.75 bits per heavy atom. The normalized spacial score (nSPS) is 17.8. The van der Waals surface area contributed by atoms with Gasteiger partial charge in [0.1, 0.15) is 0 Å². The molecule has 0 spiro atoms. The van der Waals surface area contributed by atoms with Gasteiger partial charge in [0.15, 0.2) is 0 Å². The van der Waals surface area contributed by atoms with Gasteiger partial charge in [-0.05, 0) is 36.6 Å². The van der Waals surface area contributed by atoms with Gasteiger partial charge < -0.3 is 5.32 Å². The van der Waals surface area contributed by atoms with E-state index in [0.717, 1.165) is 48.7 Å². The molecule has 150 valence electrons. The van der Waals surface area contributed by atoms with Gasteiger partial charge in [-0.25, -0.2) is 0 Å². The smallest absolute Gasteiger partial charge is 0.279 e. The van der Waals surface area contributed by atoms with Crippen molar-refractivity contribution in [1.82, 2.24) is 18.9 Å². The zero-order valence-electron chi connectivity index (χ0n) is 16.1. The van der Waals surface area contributed by atoms with Crippen molar-refractivity contribution < 1.29 is 8.42 Å². The van der Waals surface area contributed by atoms with Crippen molar-refractivity contribution >= 4 is 33.3 Å². The lowest BCUT2D eigenvalue weighted by atomic mass is 10.1. The average molecular weight is 420 g/mol. The third-order valence-corrected chi connectivity index (χ3v) is 7.82. The van der Waals surface area contributed by atoms with E-state index in [-0.39, 0.29) is 6.04 Å². The quantitative estimate of drug-likeness (QED) is 0.662. The molecular formula is C19H25N5O2S2. The van der Waals surface area contributed by atoms with Crippen LogP contribution < -0.4 is 10.0 Å². The second-order valence-corrected chi connectivity index (χ2v) is 10.4. The van der Waals surface area contributed by atoms with E-state index in [9.17, 15) is 8.42 Å². The van der Waals surface area contributed by atoms with E-state index < -0.39 is 10.2 Å². The number of aromatic nitrogens is 1. The van der Waals surface area contributed by atoms with Crippen LogP contribution in [-0.2, 0) is 16.8 Å². The number of benzene rings is 1. The van der Waals surface area contributed by atoms with Crippen molar-refractivity contribution in [3.05, 3.63) is 42.2 Å². The molecule has 2 N–H and O–H groups in total. The van der Waals surface area contributed by atoms with Gasteiger partial charge in [-0.2, -0.15) is 17.4 Å². The number of nitrogens with one attached hydrogen (secondary N) is 2. The van der Waals surface area contributed by atoms with Gasteiger partial charge in [0.25, 0.3) is 10.2 Å². The molecule has 1 fully saturated rings. The Labute approximate surface area is 170 Å². The summed E-state index contributed by atoms with van der Waals surface area (Å²) in [5.41, 5.74) is 3.49. The Bertz CT molecular complexity index is 957. The summed E-state index contributed by atoms with van der Waals surface area (Å²) in [6.45, 7) is 2.64. The highest BCUT2D eigenvalue weighted by Gasteiger charge is 2.25. The van der Waals surface area contributed by atoms with Crippen LogP contribution in [-0.4, -0.2) is 55.8 Å². The summed E-state index contributed by atoms with van der Waals surface area (Å²) in [7, 11) is -0.258. The number of hydrogen-bond acceptors (Lipinski definition) is 6. The molecule has 2 aromatic rings. The Hall–Kier alpha value is -1.65. The summed E-state index contributed by atoms with van der Waals surface area (Å²) in [5, 5.41) is 3.50. The Kier molecular flexibility index (Phi) is 5.62. The van der Waals surface area contributed by atoms with Crippen LogP contribution in [0.15, 0.2) is 46.5 Å². The topological polar surface area (TPSA) is 77.6 Å². The first-order valence-corrected chi connectivity index (χ1v) is 11.6. The fourth-order valence-corrected chi connectivity index (χ4v) is 5.28. The minimum Gasteiger partial charge on any atom is -0.354 e. The molecule has 0 bridgehead atoms. The Morgan fingerprint density at radius 1 is 1.21 bits per heavy atom. The van der Waals surface area contributed by atoms with Crippen LogP contribution >= 0.6 is 11.8 Å². The van der Waals surface area contributed by atoms with Gasteiger partial charge in [0.2, 0.25) is 0 Å². The van der Waals surface area contributed by atoms with E-state index in [1.807, 2.05) is 12.3 Å². The lowest BCUT2D eigenvalue weighted by Gasteiger charge is -2.33. The fourth-order valence-electron chi connectivity index (χ4n) is 3.47. The number of piperidine rings is 1. The fraction of sp³-hybridized carbons (Fsp3) is 0.421. The number of rotatable bonds is 5. The highest BCUT2D eigenvalue weighted by atomic mass is 32.2. The van der Waals surface area contributed by atoms with Gasteiger partial charge in [0, 0.05) is 57.1 Å². The molecule has 1 saturated heterocycles. The molecule has 0 radical (unpaired) electrons.